The van der Waals surface area contributed by atoms with E-state index in [1.807, 2.05) is 0 Å². The summed E-state index contributed by atoms with van der Waals surface area (Å²) in [6.45, 7) is 11.2. The summed E-state index contributed by atoms with van der Waals surface area (Å²) in [7, 11) is 0. The van der Waals surface area contributed by atoms with Crippen molar-refractivity contribution in [3.8, 4) is 0 Å². The minimum atomic E-state index is 0.234. The van der Waals surface area contributed by atoms with Crippen LogP contribution >= 0.6 is 0 Å². The first-order chi connectivity index (χ1) is 10.8. The van der Waals surface area contributed by atoms with Gasteiger partial charge in [-0.1, -0.05) is 93.9 Å². The molecule has 1 unspecified atom stereocenters. The molecule has 0 saturated heterocycles. The molecule has 0 nitrogen and oxygen atoms in total. The van der Waals surface area contributed by atoms with Crippen molar-refractivity contribution in [3.63, 3.8) is 0 Å². The second-order valence-electron chi connectivity index (χ2n) is 7.75. The second-order valence-corrected chi connectivity index (χ2v) is 7.75. The standard InChI is InChI=1S/C23H30/c1-18-9-11-20(12-10-18)8-6-7-19(2)17-21-13-15-22(16-14-21)23(3,4)5/h6-7,9-16,19H,8,17H2,1-5H3. The number of aryl methyl sites for hydroxylation is 1. The summed E-state index contributed by atoms with van der Waals surface area (Å²) >= 11 is 0. The molecule has 0 spiro atoms. The Kier molecular flexibility index (Phi) is 5.82. The number of allylic oxidation sites excluding steroid dienone is 2. The molecule has 2 rings (SSSR count). The highest BCUT2D eigenvalue weighted by molar-refractivity contribution is 5.28. The fraction of sp³-hybridized carbons (Fsp3) is 0.391. The molecule has 0 N–H and O–H groups in total. The van der Waals surface area contributed by atoms with Gasteiger partial charge in [0.15, 0.2) is 0 Å². The molecule has 122 valence electrons. The normalized spacial score (nSPS) is 13.4. The molecule has 0 saturated carbocycles. The highest BCUT2D eigenvalue weighted by Gasteiger charge is 2.12. The van der Waals surface area contributed by atoms with Crippen LogP contribution in [-0.4, -0.2) is 0 Å². The van der Waals surface area contributed by atoms with Gasteiger partial charge >= 0.3 is 0 Å². The van der Waals surface area contributed by atoms with Gasteiger partial charge in [0, 0.05) is 0 Å². The quantitative estimate of drug-likeness (QED) is 0.571. The van der Waals surface area contributed by atoms with Crippen LogP contribution in [0.3, 0.4) is 0 Å². The molecular weight excluding hydrogens is 276 g/mol. The van der Waals surface area contributed by atoms with E-state index in [4.69, 9.17) is 0 Å². The molecule has 1 atom stereocenters. The zero-order valence-electron chi connectivity index (χ0n) is 15.3. The first kappa shape index (κ1) is 17.5. The predicted octanol–water partition coefficient (Wildman–Crippen LogP) is 6.27. The minimum Gasteiger partial charge on any atom is -0.0850 e. The van der Waals surface area contributed by atoms with Crippen molar-refractivity contribution >= 4 is 0 Å². The van der Waals surface area contributed by atoms with Crippen LogP contribution in [0.1, 0.15) is 49.9 Å². The van der Waals surface area contributed by atoms with Gasteiger partial charge in [-0.05, 0) is 47.8 Å². The third-order valence-corrected chi connectivity index (χ3v) is 4.32. The molecule has 0 heterocycles. The van der Waals surface area contributed by atoms with Crippen LogP contribution in [0.4, 0.5) is 0 Å². The average molecular weight is 306 g/mol. The summed E-state index contributed by atoms with van der Waals surface area (Å²) in [5.74, 6) is 0.570. The van der Waals surface area contributed by atoms with E-state index >= 15 is 0 Å². The summed E-state index contributed by atoms with van der Waals surface area (Å²) in [4.78, 5) is 0. The van der Waals surface area contributed by atoms with E-state index in [0.29, 0.717) is 5.92 Å². The highest BCUT2D eigenvalue weighted by atomic mass is 14.2. The number of hydrogen-bond donors (Lipinski definition) is 0. The van der Waals surface area contributed by atoms with Crippen molar-refractivity contribution < 1.29 is 0 Å². The number of benzene rings is 2. The summed E-state index contributed by atoms with van der Waals surface area (Å²) in [6, 6.07) is 17.9. The Morgan fingerprint density at radius 2 is 1.43 bits per heavy atom. The van der Waals surface area contributed by atoms with E-state index in [0.717, 1.165) is 12.8 Å². The van der Waals surface area contributed by atoms with Crippen molar-refractivity contribution in [3.05, 3.63) is 82.9 Å². The Balaban J connectivity index is 1.87. The maximum Gasteiger partial charge on any atom is -0.00973 e. The van der Waals surface area contributed by atoms with Gasteiger partial charge in [0.1, 0.15) is 0 Å². The smallest absolute Gasteiger partial charge is 0.00973 e. The monoisotopic (exact) mass is 306 g/mol. The zero-order chi connectivity index (χ0) is 16.9. The van der Waals surface area contributed by atoms with Gasteiger partial charge in [-0.3, -0.25) is 0 Å². The first-order valence-corrected chi connectivity index (χ1v) is 8.66. The average Bonchev–Trinajstić information content (AvgIpc) is 2.49. The lowest BCUT2D eigenvalue weighted by atomic mass is 9.86. The van der Waals surface area contributed by atoms with E-state index in [1.165, 1.54) is 22.3 Å². The van der Waals surface area contributed by atoms with Crippen molar-refractivity contribution in [2.45, 2.75) is 52.9 Å². The molecule has 0 heteroatoms. The van der Waals surface area contributed by atoms with Crippen LogP contribution in [0.25, 0.3) is 0 Å². The third-order valence-electron chi connectivity index (χ3n) is 4.32. The van der Waals surface area contributed by atoms with Crippen molar-refractivity contribution in [2.75, 3.05) is 0 Å². The summed E-state index contributed by atoms with van der Waals surface area (Å²) in [5.41, 5.74) is 5.77. The highest BCUT2D eigenvalue weighted by Crippen LogP contribution is 2.23. The van der Waals surface area contributed by atoms with E-state index in [1.54, 1.807) is 0 Å². The first-order valence-electron chi connectivity index (χ1n) is 8.66. The topological polar surface area (TPSA) is 0 Å². The molecule has 2 aromatic rings. The summed E-state index contributed by atoms with van der Waals surface area (Å²) in [5, 5.41) is 0. The van der Waals surface area contributed by atoms with Crippen LogP contribution in [0.5, 0.6) is 0 Å². The van der Waals surface area contributed by atoms with Crippen molar-refractivity contribution in [2.24, 2.45) is 5.92 Å². The Morgan fingerprint density at radius 1 is 0.870 bits per heavy atom. The maximum absolute atomic E-state index is 2.34. The van der Waals surface area contributed by atoms with Gasteiger partial charge in [-0.25, -0.2) is 0 Å². The van der Waals surface area contributed by atoms with Gasteiger partial charge in [0.25, 0.3) is 0 Å². The Hall–Kier alpha value is -1.82. The molecular formula is C23H30. The lowest BCUT2D eigenvalue weighted by molar-refractivity contribution is 0.589. The molecule has 0 aliphatic carbocycles. The Bertz CT molecular complexity index is 621. The molecule has 23 heavy (non-hydrogen) atoms. The molecule has 0 bridgehead atoms. The Morgan fingerprint density at radius 3 is 2.00 bits per heavy atom. The van der Waals surface area contributed by atoms with Crippen molar-refractivity contribution in [1.29, 1.82) is 0 Å². The van der Waals surface area contributed by atoms with Gasteiger partial charge in [-0.2, -0.15) is 0 Å². The van der Waals surface area contributed by atoms with Gasteiger partial charge < -0.3 is 0 Å². The zero-order valence-corrected chi connectivity index (χ0v) is 15.3. The predicted molar refractivity (Wildman–Crippen MR) is 102 cm³/mol. The molecule has 0 aliphatic heterocycles. The largest absolute Gasteiger partial charge is 0.0850 e. The molecule has 0 amide bonds. The second kappa shape index (κ2) is 7.64. The van der Waals surface area contributed by atoms with E-state index in [-0.39, 0.29) is 5.41 Å². The molecule has 0 radical (unpaired) electrons. The van der Waals surface area contributed by atoms with Crippen LogP contribution in [0, 0.1) is 12.8 Å². The SMILES string of the molecule is Cc1ccc(CC=CC(C)Cc2ccc(C(C)(C)C)cc2)cc1. The van der Waals surface area contributed by atoms with Crippen molar-refractivity contribution in [1.82, 2.24) is 0 Å². The lowest BCUT2D eigenvalue weighted by Gasteiger charge is -2.19. The maximum atomic E-state index is 2.34. The minimum absolute atomic E-state index is 0.234. The third kappa shape index (κ3) is 5.71. The van der Waals surface area contributed by atoms with Gasteiger partial charge in [0.05, 0.1) is 0 Å². The van der Waals surface area contributed by atoms with E-state index in [2.05, 4.69) is 95.3 Å². The number of rotatable bonds is 5. The fourth-order valence-corrected chi connectivity index (χ4v) is 2.74. The summed E-state index contributed by atoms with van der Waals surface area (Å²) < 4.78 is 0. The van der Waals surface area contributed by atoms with E-state index in [9.17, 15) is 0 Å². The fourth-order valence-electron chi connectivity index (χ4n) is 2.74. The number of hydrogen-bond acceptors (Lipinski definition) is 0. The lowest BCUT2D eigenvalue weighted by Crippen LogP contribution is -2.10. The molecule has 0 fully saturated rings. The molecule has 0 aliphatic rings. The van der Waals surface area contributed by atoms with Crippen LogP contribution < -0.4 is 0 Å². The molecule has 2 aromatic carbocycles. The van der Waals surface area contributed by atoms with Crippen LogP contribution in [0.15, 0.2) is 60.7 Å². The van der Waals surface area contributed by atoms with E-state index < -0.39 is 0 Å². The summed E-state index contributed by atoms with van der Waals surface area (Å²) in [6.07, 6.45) is 6.78. The Labute approximate surface area is 142 Å². The van der Waals surface area contributed by atoms with Gasteiger partial charge in [-0.15, -0.1) is 0 Å². The van der Waals surface area contributed by atoms with Gasteiger partial charge in [0.2, 0.25) is 0 Å². The van der Waals surface area contributed by atoms with Crippen LogP contribution in [-0.2, 0) is 18.3 Å². The van der Waals surface area contributed by atoms with Crippen LogP contribution in [0.2, 0.25) is 0 Å². The molecule has 0 aromatic heterocycles.